The predicted octanol–water partition coefficient (Wildman–Crippen LogP) is 1.57. The van der Waals surface area contributed by atoms with Crippen molar-refractivity contribution in [3.63, 3.8) is 0 Å². The van der Waals surface area contributed by atoms with Gasteiger partial charge in [-0.25, -0.2) is 0 Å². The third kappa shape index (κ3) is 3.45. The minimum atomic E-state index is -0.180. The Balaban J connectivity index is 2.88. The number of hydrogen-bond donors (Lipinski definition) is 1. The molecule has 1 aromatic heterocycles. The number of hydrogen-bond acceptors (Lipinski definition) is 4. The average molecular weight is 246 g/mol. The summed E-state index contributed by atoms with van der Waals surface area (Å²) in [5.41, 5.74) is 1.28. The molecule has 0 fully saturated rings. The Bertz CT molecular complexity index is 453. The van der Waals surface area contributed by atoms with Gasteiger partial charge < -0.3 is 10.2 Å². The molecule has 0 radical (unpaired) electrons. The van der Waals surface area contributed by atoms with Crippen molar-refractivity contribution in [1.82, 2.24) is 10.3 Å². The van der Waals surface area contributed by atoms with E-state index in [1.54, 1.807) is 12.3 Å². The van der Waals surface area contributed by atoms with E-state index in [4.69, 9.17) is 5.26 Å². The van der Waals surface area contributed by atoms with E-state index < -0.39 is 0 Å². The summed E-state index contributed by atoms with van der Waals surface area (Å²) in [7, 11) is 1.90. The van der Waals surface area contributed by atoms with Gasteiger partial charge in [0.1, 0.15) is 5.69 Å². The standard InChI is InChI=1S/C13H18N4O/c1-4-15-13(18)12-9-11(6-8-16-12)17(3)10(2)5-7-14/h6,8-10H,4-5H2,1-3H3,(H,15,18). The van der Waals surface area contributed by atoms with Gasteiger partial charge in [0.05, 0.1) is 12.5 Å². The summed E-state index contributed by atoms with van der Waals surface area (Å²) in [6.45, 7) is 4.41. The molecule has 96 valence electrons. The van der Waals surface area contributed by atoms with Gasteiger partial charge >= 0.3 is 0 Å². The molecular weight excluding hydrogens is 228 g/mol. The first kappa shape index (κ1) is 14.0. The summed E-state index contributed by atoms with van der Waals surface area (Å²) in [6.07, 6.45) is 2.05. The zero-order chi connectivity index (χ0) is 13.5. The van der Waals surface area contributed by atoms with Crippen molar-refractivity contribution in [3.8, 4) is 6.07 Å². The molecule has 0 aliphatic carbocycles. The Hall–Kier alpha value is -2.09. The van der Waals surface area contributed by atoms with Gasteiger partial charge in [-0.1, -0.05) is 0 Å². The van der Waals surface area contributed by atoms with Crippen molar-refractivity contribution < 1.29 is 4.79 Å². The first-order valence-electron chi connectivity index (χ1n) is 5.94. The maximum Gasteiger partial charge on any atom is 0.269 e. The predicted molar refractivity (Wildman–Crippen MR) is 70.3 cm³/mol. The summed E-state index contributed by atoms with van der Waals surface area (Å²) in [4.78, 5) is 17.7. The molecule has 1 unspecified atom stereocenters. The molecule has 5 heteroatoms. The molecule has 1 N–H and O–H groups in total. The van der Waals surface area contributed by atoms with E-state index in [0.717, 1.165) is 5.69 Å². The summed E-state index contributed by atoms with van der Waals surface area (Å²) in [5.74, 6) is -0.180. The largest absolute Gasteiger partial charge is 0.371 e. The van der Waals surface area contributed by atoms with Crippen LogP contribution < -0.4 is 10.2 Å². The Kier molecular flexibility index (Phi) is 5.12. The van der Waals surface area contributed by atoms with Crippen molar-refractivity contribution in [3.05, 3.63) is 24.0 Å². The topological polar surface area (TPSA) is 69.0 Å². The van der Waals surface area contributed by atoms with Crippen LogP contribution in [0.5, 0.6) is 0 Å². The summed E-state index contributed by atoms with van der Waals surface area (Å²) in [5, 5.41) is 11.4. The van der Waals surface area contributed by atoms with Gasteiger partial charge in [0.15, 0.2) is 0 Å². The Labute approximate surface area is 107 Å². The van der Waals surface area contributed by atoms with Gasteiger partial charge in [-0.2, -0.15) is 5.26 Å². The van der Waals surface area contributed by atoms with Crippen LogP contribution in [0.15, 0.2) is 18.3 Å². The van der Waals surface area contributed by atoms with Crippen LogP contribution in [0.1, 0.15) is 30.8 Å². The first-order valence-corrected chi connectivity index (χ1v) is 5.94. The number of rotatable bonds is 5. The molecule has 0 bridgehead atoms. The minimum absolute atomic E-state index is 0.0967. The van der Waals surface area contributed by atoms with Crippen molar-refractivity contribution in [2.75, 3.05) is 18.5 Å². The van der Waals surface area contributed by atoms with Gasteiger partial charge in [0.25, 0.3) is 5.91 Å². The molecule has 1 aromatic rings. The lowest BCUT2D eigenvalue weighted by Gasteiger charge is -2.25. The number of nitrogens with one attached hydrogen (secondary N) is 1. The number of carbonyl (C=O) groups excluding carboxylic acids is 1. The third-order valence-electron chi connectivity index (χ3n) is 2.77. The SMILES string of the molecule is CCNC(=O)c1cc(N(C)C(C)CC#N)ccn1. The molecule has 0 saturated heterocycles. The molecular formula is C13H18N4O. The monoisotopic (exact) mass is 246 g/mol. The number of carbonyl (C=O) groups is 1. The smallest absolute Gasteiger partial charge is 0.269 e. The van der Waals surface area contributed by atoms with E-state index in [1.165, 1.54) is 0 Å². The third-order valence-corrected chi connectivity index (χ3v) is 2.77. The number of nitrogens with zero attached hydrogens (tertiary/aromatic N) is 3. The second-order valence-corrected chi connectivity index (χ2v) is 4.08. The molecule has 1 atom stereocenters. The lowest BCUT2D eigenvalue weighted by atomic mass is 10.2. The average Bonchev–Trinajstić information content (AvgIpc) is 2.38. The molecule has 5 nitrogen and oxygen atoms in total. The van der Waals surface area contributed by atoms with Crippen molar-refractivity contribution in [2.45, 2.75) is 26.3 Å². The Morgan fingerprint density at radius 1 is 1.67 bits per heavy atom. The van der Waals surface area contributed by atoms with E-state index in [-0.39, 0.29) is 11.9 Å². The lowest BCUT2D eigenvalue weighted by Crippen LogP contribution is -2.29. The van der Waals surface area contributed by atoms with E-state index in [9.17, 15) is 4.79 Å². The fourth-order valence-electron chi connectivity index (χ4n) is 1.54. The number of aromatic nitrogens is 1. The van der Waals surface area contributed by atoms with E-state index in [2.05, 4.69) is 16.4 Å². The maximum absolute atomic E-state index is 11.7. The van der Waals surface area contributed by atoms with Crippen LogP contribution in [-0.4, -0.2) is 30.5 Å². The number of anilines is 1. The van der Waals surface area contributed by atoms with Crippen molar-refractivity contribution >= 4 is 11.6 Å². The van der Waals surface area contributed by atoms with E-state index >= 15 is 0 Å². The number of nitriles is 1. The number of amides is 1. The van der Waals surface area contributed by atoms with Gasteiger partial charge in [-0.3, -0.25) is 9.78 Å². The van der Waals surface area contributed by atoms with E-state index in [0.29, 0.717) is 18.7 Å². The van der Waals surface area contributed by atoms with Crippen molar-refractivity contribution in [2.24, 2.45) is 0 Å². The highest BCUT2D eigenvalue weighted by Gasteiger charge is 2.12. The molecule has 0 aliphatic heterocycles. The minimum Gasteiger partial charge on any atom is -0.371 e. The molecule has 0 aromatic carbocycles. The Morgan fingerprint density at radius 3 is 3.00 bits per heavy atom. The molecule has 1 rings (SSSR count). The molecule has 1 heterocycles. The van der Waals surface area contributed by atoms with Crippen LogP contribution in [0.25, 0.3) is 0 Å². The van der Waals surface area contributed by atoms with Gasteiger partial charge in [0.2, 0.25) is 0 Å². The summed E-state index contributed by atoms with van der Waals surface area (Å²) >= 11 is 0. The first-order chi connectivity index (χ1) is 8.60. The van der Waals surface area contributed by atoms with E-state index in [1.807, 2.05) is 31.9 Å². The van der Waals surface area contributed by atoms with Gasteiger partial charge in [-0.05, 0) is 26.0 Å². The van der Waals surface area contributed by atoms with Gasteiger partial charge in [0, 0.05) is 31.5 Å². The van der Waals surface area contributed by atoms with Crippen molar-refractivity contribution in [1.29, 1.82) is 5.26 Å². The zero-order valence-electron chi connectivity index (χ0n) is 11.0. The normalized spacial score (nSPS) is 11.4. The fourth-order valence-corrected chi connectivity index (χ4v) is 1.54. The second-order valence-electron chi connectivity index (χ2n) is 4.08. The highest BCUT2D eigenvalue weighted by atomic mass is 16.1. The van der Waals surface area contributed by atoms with Crippen LogP contribution in [-0.2, 0) is 0 Å². The quantitative estimate of drug-likeness (QED) is 0.856. The highest BCUT2D eigenvalue weighted by Crippen LogP contribution is 2.16. The number of pyridine rings is 1. The second kappa shape index (κ2) is 6.60. The van der Waals surface area contributed by atoms with Gasteiger partial charge in [-0.15, -0.1) is 0 Å². The lowest BCUT2D eigenvalue weighted by molar-refractivity contribution is 0.0951. The zero-order valence-corrected chi connectivity index (χ0v) is 11.0. The van der Waals surface area contributed by atoms with Crippen LogP contribution in [0.2, 0.25) is 0 Å². The van der Waals surface area contributed by atoms with Crippen LogP contribution in [0, 0.1) is 11.3 Å². The maximum atomic E-state index is 11.7. The molecule has 0 spiro atoms. The summed E-state index contributed by atoms with van der Waals surface area (Å²) < 4.78 is 0. The molecule has 0 saturated carbocycles. The Morgan fingerprint density at radius 2 is 2.39 bits per heavy atom. The fraction of sp³-hybridized carbons (Fsp3) is 0.462. The van der Waals surface area contributed by atoms with Crippen LogP contribution >= 0.6 is 0 Å². The molecule has 1 amide bonds. The van der Waals surface area contributed by atoms with Crippen LogP contribution in [0.3, 0.4) is 0 Å². The summed E-state index contributed by atoms with van der Waals surface area (Å²) in [6, 6.07) is 5.80. The molecule has 18 heavy (non-hydrogen) atoms. The molecule has 0 aliphatic rings. The van der Waals surface area contributed by atoms with Crippen LogP contribution in [0.4, 0.5) is 5.69 Å². The highest BCUT2D eigenvalue weighted by molar-refractivity contribution is 5.93.